The standard InChI is InChI=1S/C60H38N2O3S/c63-66(57-23-11-1-13-45(57)47-37-41(29-35-59(47)66)39-25-31-43(32-26-39)61-49-15-3-7-19-53(49)64-54-20-8-4-16-50(54)61)58-24-12-2-14-46(58)48-38-42(30-36-60(48)66)40-27-33-44(34-28-40)62-51-17-5-9-21-55(51)65-56-22-10-6-18-52(56)62/h1-38H. The highest BCUT2D eigenvalue weighted by Crippen LogP contribution is 2.71. The Bertz CT molecular complexity index is 3410. The van der Waals surface area contributed by atoms with Gasteiger partial charge < -0.3 is 19.3 Å². The summed E-state index contributed by atoms with van der Waals surface area (Å²) in [5, 5.41) is 0. The van der Waals surface area contributed by atoms with Crippen molar-refractivity contribution < 1.29 is 13.7 Å². The van der Waals surface area contributed by atoms with Crippen LogP contribution in [0.5, 0.6) is 23.0 Å². The molecule has 0 bridgehead atoms. The monoisotopic (exact) mass is 866 g/mol. The number of hydrogen-bond acceptors (Lipinski definition) is 5. The van der Waals surface area contributed by atoms with Crippen molar-refractivity contribution in [3.05, 3.63) is 231 Å². The fourth-order valence-corrected chi connectivity index (χ4v) is 16.0. The van der Waals surface area contributed by atoms with Crippen molar-refractivity contribution in [3.63, 3.8) is 0 Å². The third kappa shape index (κ3) is 4.91. The molecular weight excluding hydrogens is 829 g/mol. The summed E-state index contributed by atoms with van der Waals surface area (Å²) in [7, 11) is -4.05. The lowest BCUT2D eigenvalue weighted by molar-refractivity contribution is 0.477. The lowest BCUT2D eigenvalue weighted by Crippen LogP contribution is -2.30. The van der Waals surface area contributed by atoms with Crippen LogP contribution in [0, 0.1) is 0 Å². The normalized spacial score (nSPS) is 15.2. The average molecular weight is 867 g/mol. The second-order valence-electron chi connectivity index (χ2n) is 17.2. The summed E-state index contributed by atoms with van der Waals surface area (Å²) in [5.74, 6) is 3.29. The topological polar surface area (TPSA) is 42.0 Å². The van der Waals surface area contributed by atoms with Crippen molar-refractivity contribution in [1.82, 2.24) is 0 Å². The molecule has 0 aromatic heterocycles. The molecule has 0 radical (unpaired) electrons. The highest BCUT2D eigenvalue weighted by molar-refractivity contribution is 8.21. The van der Waals surface area contributed by atoms with Crippen LogP contribution in [0.4, 0.5) is 34.1 Å². The summed E-state index contributed by atoms with van der Waals surface area (Å²) in [4.78, 5) is 7.98. The fraction of sp³-hybridized carbons (Fsp3) is 0. The van der Waals surface area contributed by atoms with Gasteiger partial charge in [-0.05, 0) is 154 Å². The van der Waals surface area contributed by atoms with Crippen LogP contribution < -0.4 is 19.3 Å². The van der Waals surface area contributed by atoms with E-state index < -0.39 is 9.07 Å². The zero-order valence-corrected chi connectivity index (χ0v) is 36.3. The summed E-state index contributed by atoms with van der Waals surface area (Å²) in [6.45, 7) is 0. The molecule has 0 saturated heterocycles. The Labute approximate surface area is 382 Å². The minimum Gasteiger partial charge on any atom is -0.453 e. The Morgan fingerprint density at radius 2 is 0.591 bits per heavy atom. The molecule has 4 aliphatic rings. The predicted molar refractivity (Wildman–Crippen MR) is 265 cm³/mol. The maximum atomic E-state index is 17.4. The number of benzene rings is 10. The molecule has 0 saturated carbocycles. The van der Waals surface area contributed by atoms with Crippen molar-refractivity contribution >= 4 is 43.2 Å². The number of ether oxygens (including phenoxy) is 2. The van der Waals surface area contributed by atoms with Gasteiger partial charge in [-0.25, -0.2) is 0 Å². The first-order valence-electron chi connectivity index (χ1n) is 22.2. The molecule has 312 valence electrons. The second-order valence-corrected chi connectivity index (χ2v) is 20.9. The quantitative estimate of drug-likeness (QED) is 0.176. The number of rotatable bonds is 4. The average Bonchev–Trinajstić information content (AvgIpc) is 3.77. The molecule has 0 N–H and O–H groups in total. The molecule has 0 atom stereocenters. The Balaban J connectivity index is 0.863. The predicted octanol–water partition coefficient (Wildman–Crippen LogP) is 16.5. The van der Waals surface area contributed by atoms with E-state index in [0.29, 0.717) is 0 Å². The van der Waals surface area contributed by atoms with Crippen molar-refractivity contribution in [3.8, 4) is 67.5 Å². The van der Waals surface area contributed by atoms with E-state index in [0.717, 1.165) is 121 Å². The van der Waals surface area contributed by atoms with Crippen LogP contribution in [0.25, 0.3) is 44.5 Å². The SMILES string of the molecule is O=S12(c3ccccc3-c3cc(-c4ccc(N5c6ccccc6Oc6ccccc65)cc4)ccc31)c1ccccc1-c1cc(-c3ccc(N4c5ccccc5Oc5ccccc54)cc3)ccc12. The lowest BCUT2D eigenvalue weighted by Gasteiger charge is -2.38. The maximum absolute atomic E-state index is 17.4. The zero-order chi connectivity index (χ0) is 43.6. The molecule has 14 rings (SSSR count). The molecule has 5 nitrogen and oxygen atoms in total. The third-order valence-corrected chi connectivity index (χ3v) is 18.6. The summed E-state index contributed by atoms with van der Waals surface area (Å²) >= 11 is 0. The van der Waals surface area contributed by atoms with Gasteiger partial charge in [0.25, 0.3) is 0 Å². The molecule has 6 heteroatoms. The zero-order valence-electron chi connectivity index (χ0n) is 35.5. The lowest BCUT2D eigenvalue weighted by atomic mass is 9.99. The molecule has 10 aromatic carbocycles. The van der Waals surface area contributed by atoms with Gasteiger partial charge in [0.05, 0.1) is 22.7 Å². The van der Waals surface area contributed by atoms with Crippen molar-refractivity contribution in [2.24, 2.45) is 0 Å². The molecule has 4 aliphatic heterocycles. The van der Waals surface area contributed by atoms with Crippen LogP contribution >= 0.6 is 0 Å². The molecule has 66 heavy (non-hydrogen) atoms. The van der Waals surface area contributed by atoms with Gasteiger partial charge in [-0.2, -0.15) is 0 Å². The number of para-hydroxylation sites is 8. The molecular formula is C60H38N2O3S. The summed E-state index contributed by atoms with van der Waals surface area (Å²) in [5.41, 5.74) is 14.4. The molecule has 0 aliphatic carbocycles. The summed E-state index contributed by atoms with van der Waals surface area (Å²) < 4.78 is 29.9. The van der Waals surface area contributed by atoms with E-state index in [4.69, 9.17) is 9.47 Å². The van der Waals surface area contributed by atoms with E-state index in [1.807, 2.05) is 84.9 Å². The van der Waals surface area contributed by atoms with Crippen molar-refractivity contribution in [2.45, 2.75) is 19.6 Å². The molecule has 10 aromatic rings. The van der Waals surface area contributed by atoms with E-state index in [1.54, 1.807) is 0 Å². The summed E-state index contributed by atoms with van der Waals surface area (Å²) in [6.07, 6.45) is 0. The van der Waals surface area contributed by atoms with E-state index >= 15 is 4.21 Å². The van der Waals surface area contributed by atoms with Gasteiger partial charge in [-0.3, -0.25) is 4.21 Å². The molecule has 0 fully saturated rings. The second kappa shape index (κ2) is 13.5. The first-order valence-corrected chi connectivity index (χ1v) is 24.2. The van der Waals surface area contributed by atoms with Crippen LogP contribution in [0.1, 0.15) is 0 Å². The smallest absolute Gasteiger partial charge is 0.151 e. The molecule has 1 spiro atoms. The highest BCUT2D eigenvalue weighted by atomic mass is 32.3. The Morgan fingerprint density at radius 1 is 0.288 bits per heavy atom. The maximum Gasteiger partial charge on any atom is 0.151 e. The van der Waals surface area contributed by atoms with E-state index in [2.05, 4.69) is 155 Å². The van der Waals surface area contributed by atoms with Crippen molar-refractivity contribution in [2.75, 3.05) is 9.80 Å². The van der Waals surface area contributed by atoms with E-state index in [1.165, 1.54) is 0 Å². The highest BCUT2D eigenvalue weighted by Gasteiger charge is 2.57. The van der Waals surface area contributed by atoms with Gasteiger partial charge in [0.2, 0.25) is 0 Å². The van der Waals surface area contributed by atoms with Gasteiger partial charge >= 0.3 is 0 Å². The minimum absolute atomic E-state index is 0.823. The van der Waals surface area contributed by atoms with E-state index in [-0.39, 0.29) is 0 Å². The Morgan fingerprint density at radius 3 is 0.970 bits per heavy atom. The Hall–Kier alpha value is -8.45. The van der Waals surface area contributed by atoms with Crippen LogP contribution in [0.15, 0.2) is 250 Å². The summed E-state index contributed by atoms with van der Waals surface area (Å²) in [6, 6.07) is 79.8. The first-order chi connectivity index (χ1) is 32.5. The van der Waals surface area contributed by atoms with Gasteiger partial charge in [-0.15, -0.1) is 0 Å². The van der Waals surface area contributed by atoms with Crippen LogP contribution in [0.2, 0.25) is 0 Å². The Kier molecular flexibility index (Phi) is 7.58. The largest absolute Gasteiger partial charge is 0.453 e. The van der Waals surface area contributed by atoms with Gasteiger partial charge in [0.15, 0.2) is 23.0 Å². The van der Waals surface area contributed by atoms with Crippen molar-refractivity contribution in [1.29, 1.82) is 0 Å². The van der Waals surface area contributed by atoms with Crippen LogP contribution in [-0.2, 0) is 9.07 Å². The molecule has 0 unspecified atom stereocenters. The number of nitrogens with zero attached hydrogens (tertiary/aromatic N) is 2. The van der Waals surface area contributed by atoms with Gasteiger partial charge in [0.1, 0.15) is 0 Å². The van der Waals surface area contributed by atoms with Gasteiger partial charge in [0, 0.05) is 40.0 Å². The molecule has 0 amide bonds. The number of fused-ring (bicyclic) bond motifs is 14. The minimum atomic E-state index is -4.05. The fourth-order valence-electron chi connectivity index (χ4n) is 10.9. The van der Waals surface area contributed by atoms with Gasteiger partial charge in [-0.1, -0.05) is 121 Å². The number of hydrogen-bond donors (Lipinski definition) is 0. The number of anilines is 6. The van der Waals surface area contributed by atoms with Crippen LogP contribution in [-0.4, -0.2) is 4.21 Å². The van der Waals surface area contributed by atoms with Crippen LogP contribution in [0.3, 0.4) is 0 Å². The molecule has 4 heterocycles. The third-order valence-electron chi connectivity index (χ3n) is 13.8. The first kappa shape index (κ1) is 37.0. The van der Waals surface area contributed by atoms with E-state index in [9.17, 15) is 0 Å².